The molecule has 0 saturated carbocycles. The average Bonchev–Trinajstić information content (AvgIpc) is 2.44. The van der Waals surface area contributed by atoms with E-state index in [0.717, 1.165) is 19.5 Å². The molecule has 1 aliphatic rings. The highest BCUT2D eigenvalue weighted by atomic mass is 16.5. The normalized spacial score (nSPS) is 19.8. The van der Waals surface area contributed by atoms with Gasteiger partial charge < -0.3 is 4.74 Å². The first kappa shape index (κ1) is 15.0. The molecule has 3 heteroatoms. The van der Waals surface area contributed by atoms with Crippen LogP contribution in [0.3, 0.4) is 0 Å². The fourth-order valence-corrected chi connectivity index (χ4v) is 2.84. The Bertz CT molecular complexity index is 427. The van der Waals surface area contributed by atoms with Crippen LogP contribution in [0.2, 0.25) is 0 Å². The molecule has 0 spiro atoms. The van der Waals surface area contributed by atoms with Gasteiger partial charge >= 0.3 is 5.97 Å². The van der Waals surface area contributed by atoms with E-state index in [9.17, 15) is 4.79 Å². The third-order valence-electron chi connectivity index (χ3n) is 3.96. The highest BCUT2D eigenvalue weighted by Crippen LogP contribution is 2.22. The molecule has 1 unspecified atom stereocenters. The van der Waals surface area contributed by atoms with Crippen molar-refractivity contribution < 1.29 is 9.53 Å². The fourth-order valence-electron chi connectivity index (χ4n) is 2.84. The molecule has 1 fully saturated rings. The van der Waals surface area contributed by atoms with Crippen LogP contribution in [0.15, 0.2) is 24.3 Å². The van der Waals surface area contributed by atoms with Gasteiger partial charge in [0.25, 0.3) is 0 Å². The van der Waals surface area contributed by atoms with Gasteiger partial charge in [-0.15, -0.1) is 0 Å². The summed E-state index contributed by atoms with van der Waals surface area (Å²) in [6.07, 6.45) is 4.07. The average molecular weight is 275 g/mol. The standard InChI is InChI=1S/C17H25NO2/c1-3-20-17(19)12-16-6-4-5-11-18(16)13-15-9-7-14(2)8-10-15/h7-10,16H,3-6,11-13H2,1-2H3. The Morgan fingerprint density at radius 2 is 2.05 bits per heavy atom. The Morgan fingerprint density at radius 3 is 2.75 bits per heavy atom. The molecule has 0 aromatic heterocycles. The summed E-state index contributed by atoms with van der Waals surface area (Å²) in [6.45, 7) is 6.46. The van der Waals surface area contributed by atoms with Crippen molar-refractivity contribution in [1.29, 1.82) is 0 Å². The number of nitrogens with zero attached hydrogens (tertiary/aromatic N) is 1. The molecule has 3 nitrogen and oxygen atoms in total. The summed E-state index contributed by atoms with van der Waals surface area (Å²) < 4.78 is 5.09. The molecule has 1 saturated heterocycles. The molecular formula is C17H25NO2. The van der Waals surface area contributed by atoms with Crippen LogP contribution in [0.1, 0.15) is 43.7 Å². The highest BCUT2D eigenvalue weighted by molar-refractivity contribution is 5.70. The van der Waals surface area contributed by atoms with Gasteiger partial charge in [0.15, 0.2) is 0 Å². The number of carbonyl (C=O) groups excluding carboxylic acids is 1. The number of aryl methyl sites for hydroxylation is 1. The molecule has 0 N–H and O–H groups in total. The molecule has 2 rings (SSSR count). The van der Waals surface area contributed by atoms with Crippen LogP contribution in [0.5, 0.6) is 0 Å². The quantitative estimate of drug-likeness (QED) is 0.772. The lowest BCUT2D eigenvalue weighted by atomic mass is 9.98. The molecule has 20 heavy (non-hydrogen) atoms. The maximum atomic E-state index is 11.7. The first-order valence-corrected chi connectivity index (χ1v) is 7.64. The number of benzene rings is 1. The van der Waals surface area contributed by atoms with Crippen LogP contribution in [0.25, 0.3) is 0 Å². The van der Waals surface area contributed by atoms with Crippen LogP contribution in [0.4, 0.5) is 0 Å². The smallest absolute Gasteiger partial charge is 0.307 e. The van der Waals surface area contributed by atoms with Crippen molar-refractivity contribution >= 4 is 5.97 Å². The third kappa shape index (κ3) is 4.34. The van der Waals surface area contributed by atoms with Gasteiger partial charge in [0, 0.05) is 12.6 Å². The Kier molecular flexibility index (Phi) is 5.60. The fraction of sp³-hybridized carbons (Fsp3) is 0.588. The zero-order valence-electron chi connectivity index (χ0n) is 12.6. The minimum Gasteiger partial charge on any atom is -0.466 e. The number of likely N-dealkylation sites (tertiary alicyclic amines) is 1. The van der Waals surface area contributed by atoms with Gasteiger partial charge in [0.05, 0.1) is 13.0 Å². The first-order valence-electron chi connectivity index (χ1n) is 7.64. The number of hydrogen-bond acceptors (Lipinski definition) is 3. The molecule has 1 atom stereocenters. The summed E-state index contributed by atoms with van der Waals surface area (Å²) in [7, 11) is 0. The highest BCUT2D eigenvalue weighted by Gasteiger charge is 2.25. The Hall–Kier alpha value is -1.35. The zero-order chi connectivity index (χ0) is 14.4. The zero-order valence-corrected chi connectivity index (χ0v) is 12.6. The van der Waals surface area contributed by atoms with Gasteiger partial charge in [-0.1, -0.05) is 36.2 Å². The van der Waals surface area contributed by atoms with Crippen molar-refractivity contribution in [2.24, 2.45) is 0 Å². The van der Waals surface area contributed by atoms with E-state index in [0.29, 0.717) is 19.1 Å². The van der Waals surface area contributed by atoms with Crippen LogP contribution >= 0.6 is 0 Å². The molecule has 1 aliphatic heterocycles. The van der Waals surface area contributed by atoms with Crippen LogP contribution in [-0.4, -0.2) is 30.1 Å². The largest absolute Gasteiger partial charge is 0.466 e. The number of carbonyl (C=O) groups is 1. The summed E-state index contributed by atoms with van der Waals surface area (Å²) in [5.41, 5.74) is 2.61. The monoisotopic (exact) mass is 275 g/mol. The van der Waals surface area contributed by atoms with Crippen LogP contribution < -0.4 is 0 Å². The van der Waals surface area contributed by atoms with E-state index in [1.54, 1.807) is 0 Å². The van der Waals surface area contributed by atoms with Crippen LogP contribution in [-0.2, 0) is 16.1 Å². The molecule has 0 aliphatic carbocycles. The van der Waals surface area contributed by atoms with Crippen molar-refractivity contribution in [3.05, 3.63) is 35.4 Å². The van der Waals surface area contributed by atoms with E-state index in [1.165, 1.54) is 24.0 Å². The molecule has 0 radical (unpaired) electrons. The second-order valence-corrected chi connectivity index (χ2v) is 5.61. The molecule has 0 bridgehead atoms. The lowest BCUT2D eigenvalue weighted by Crippen LogP contribution is -2.40. The molecule has 1 aromatic carbocycles. The second-order valence-electron chi connectivity index (χ2n) is 5.61. The van der Waals surface area contributed by atoms with Crippen molar-refractivity contribution in [3.63, 3.8) is 0 Å². The van der Waals surface area contributed by atoms with Crippen molar-refractivity contribution in [2.45, 2.75) is 52.1 Å². The van der Waals surface area contributed by atoms with Gasteiger partial charge in [-0.2, -0.15) is 0 Å². The van der Waals surface area contributed by atoms with Gasteiger partial charge in [0.1, 0.15) is 0 Å². The predicted molar refractivity (Wildman–Crippen MR) is 80.5 cm³/mol. The van der Waals surface area contributed by atoms with E-state index in [-0.39, 0.29) is 5.97 Å². The number of hydrogen-bond donors (Lipinski definition) is 0. The third-order valence-corrected chi connectivity index (χ3v) is 3.96. The van der Waals surface area contributed by atoms with E-state index >= 15 is 0 Å². The lowest BCUT2D eigenvalue weighted by molar-refractivity contribution is -0.145. The Morgan fingerprint density at radius 1 is 1.30 bits per heavy atom. The van der Waals surface area contributed by atoms with Crippen molar-refractivity contribution in [1.82, 2.24) is 4.90 Å². The number of rotatable bonds is 5. The number of ether oxygens (including phenoxy) is 1. The summed E-state index contributed by atoms with van der Waals surface area (Å²) in [6, 6.07) is 9.01. The second kappa shape index (κ2) is 7.44. The summed E-state index contributed by atoms with van der Waals surface area (Å²) >= 11 is 0. The Balaban J connectivity index is 1.95. The van der Waals surface area contributed by atoms with Crippen molar-refractivity contribution in [2.75, 3.05) is 13.2 Å². The van der Waals surface area contributed by atoms with E-state index < -0.39 is 0 Å². The molecule has 1 heterocycles. The molecular weight excluding hydrogens is 250 g/mol. The van der Waals surface area contributed by atoms with Crippen LogP contribution in [0, 0.1) is 6.92 Å². The lowest BCUT2D eigenvalue weighted by Gasteiger charge is -2.35. The SMILES string of the molecule is CCOC(=O)CC1CCCCN1Cc1ccc(C)cc1. The maximum Gasteiger partial charge on any atom is 0.307 e. The molecule has 110 valence electrons. The van der Waals surface area contributed by atoms with Gasteiger partial charge in [0.2, 0.25) is 0 Å². The van der Waals surface area contributed by atoms with Crippen molar-refractivity contribution in [3.8, 4) is 0 Å². The molecule has 0 amide bonds. The first-order chi connectivity index (χ1) is 9.69. The maximum absolute atomic E-state index is 11.7. The van der Waals surface area contributed by atoms with Gasteiger partial charge in [-0.05, 0) is 38.8 Å². The van der Waals surface area contributed by atoms with Gasteiger partial charge in [-0.25, -0.2) is 0 Å². The minimum atomic E-state index is -0.0618. The molecule has 1 aromatic rings. The number of esters is 1. The number of piperidine rings is 1. The minimum absolute atomic E-state index is 0.0618. The van der Waals surface area contributed by atoms with E-state index in [2.05, 4.69) is 36.1 Å². The van der Waals surface area contributed by atoms with E-state index in [1.807, 2.05) is 6.92 Å². The van der Waals surface area contributed by atoms with E-state index in [4.69, 9.17) is 4.74 Å². The predicted octanol–water partition coefficient (Wildman–Crippen LogP) is 3.30. The summed E-state index contributed by atoms with van der Waals surface area (Å²) in [5.74, 6) is -0.0618. The Labute approximate surface area is 121 Å². The summed E-state index contributed by atoms with van der Waals surface area (Å²) in [4.78, 5) is 14.1. The topological polar surface area (TPSA) is 29.5 Å². The van der Waals surface area contributed by atoms with Gasteiger partial charge in [-0.3, -0.25) is 9.69 Å². The summed E-state index contributed by atoms with van der Waals surface area (Å²) in [5, 5.41) is 0.